The van der Waals surface area contributed by atoms with Gasteiger partial charge < -0.3 is 4.42 Å². The van der Waals surface area contributed by atoms with E-state index < -0.39 is 0 Å². The fourth-order valence-electron chi connectivity index (χ4n) is 9.53. The number of para-hydroxylation sites is 1. The van der Waals surface area contributed by atoms with E-state index in [9.17, 15) is 0 Å². The number of hydrogen-bond acceptors (Lipinski definition) is 3. The number of pyridine rings is 2. The minimum atomic E-state index is -0.362. The molecule has 0 saturated carbocycles. The molecule has 0 atom stereocenters. The Morgan fingerprint density at radius 3 is 1.85 bits per heavy atom. The number of aromatic nitrogens is 2. The van der Waals surface area contributed by atoms with E-state index >= 15 is 0 Å². The van der Waals surface area contributed by atoms with Gasteiger partial charge in [-0.15, -0.1) is 0 Å². The van der Waals surface area contributed by atoms with Gasteiger partial charge in [0.2, 0.25) is 0 Å². The molecule has 52 heavy (non-hydrogen) atoms. The summed E-state index contributed by atoms with van der Waals surface area (Å²) in [5.74, 6) is 0. The Morgan fingerprint density at radius 2 is 1.06 bits per heavy atom. The van der Waals surface area contributed by atoms with Gasteiger partial charge in [-0.3, -0.25) is 4.98 Å². The second-order valence-electron chi connectivity index (χ2n) is 14.0. The minimum absolute atomic E-state index is 0.362. The average molecular weight is 661 g/mol. The van der Waals surface area contributed by atoms with Crippen LogP contribution < -0.4 is 0 Å². The maximum absolute atomic E-state index is 6.55. The van der Waals surface area contributed by atoms with Gasteiger partial charge in [-0.25, -0.2) is 4.98 Å². The highest BCUT2D eigenvalue weighted by Gasteiger charge is 2.51. The van der Waals surface area contributed by atoms with E-state index in [1.807, 2.05) is 30.6 Å². The van der Waals surface area contributed by atoms with Gasteiger partial charge in [-0.1, -0.05) is 140 Å². The molecular formula is C49H28N2O. The van der Waals surface area contributed by atoms with E-state index in [-0.39, 0.29) is 5.41 Å². The molecule has 10 aromatic rings. The zero-order valence-corrected chi connectivity index (χ0v) is 28.0. The first kappa shape index (κ1) is 27.9. The van der Waals surface area contributed by atoms with Crippen LogP contribution in [0.15, 0.2) is 175 Å². The third-order valence-electron chi connectivity index (χ3n) is 11.6. The molecule has 0 unspecified atom stereocenters. The first-order valence-electron chi connectivity index (χ1n) is 17.8. The van der Waals surface area contributed by atoms with Crippen molar-refractivity contribution in [2.75, 3.05) is 0 Å². The van der Waals surface area contributed by atoms with Crippen molar-refractivity contribution < 1.29 is 4.42 Å². The van der Waals surface area contributed by atoms with E-state index in [1.54, 1.807) is 0 Å². The Labute approximate surface area is 299 Å². The molecule has 2 aliphatic rings. The van der Waals surface area contributed by atoms with Crippen molar-refractivity contribution in [2.45, 2.75) is 5.41 Å². The van der Waals surface area contributed by atoms with Crippen molar-refractivity contribution in [2.24, 2.45) is 0 Å². The van der Waals surface area contributed by atoms with Crippen LogP contribution in [0.4, 0.5) is 0 Å². The molecule has 0 saturated heterocycles. The predicted octanol–water partition coefficient (Wildman–Crippen LogP) is 12.4. The van der Waals surface area contributed by atoms with E-state index in [4.69, 9.17) is 9.40 Å². The van der Waals surface area contributed by atoms with E-state index in [2.05, 4.69) is 145 Å². The topological polar surface area (TPSA) is 38.9 Å². The van der Waals surface area contributed by atoms with Gasteiger partial charge in [0.1, 0.15) is 11.2 Å². The van der Waals surface area contributed by atoms with Crippen LogP contribution in [-0.2, 0) is 5.41 Å². The lowest BCUT2D eigenvalue weighted by Gasteiger charge is -2.30. The van der Waals surface area contributed by atoms with Crippen LogP contribution in [-0.4, -0.2) is 9.97 Å². The number of benzene rings is 7. The van der Waals surface area contributed by atoms with Crippen LogP contribution in [0.25, 0.3) is 88.3 Å². The van der Waals surface area contributed by atoms with Crippen LogP contribution in [0.3, 0.4) is 0 Å². The lowest BCUT2D eigenvalue weighted by atomic mass is 9.70. The van der Waals surface area contributed by atoms with Crippen molar-refractivity contribution in [3.63, 3.8) is 0 Å². The Balaban J connectivity index is 1.07. The third kappa shape index (κ3) is 3.45. The molecule has 0 radical (unpaired) electrons. The second-order valence-corrected chi connectivity index (χ2v) is 14.0. The first-order chi connectivity index (χ1) is 25.8. The molecule has 12 rings (SSSR count). The van der Waals surface area contributed by atoms with Gasteiger partial charge in [-0.2, -0.15) is 0 Å². The Bertz CT molecular complexity index is 3090. The number of fused-ring (bicyclic) bond motifs is 17. The third-order valence-corrected chi connectivity index (χ3v) is 11.6. The van der Waals surface area contributed by atoms with Gasteiger partial charge in [-0.05, 0) is 73.8 Å². The summed E-state index contributed by atoms with van der Waals surface area (Å²) in [6, 6.07) is 57.5. The average Bonchev–Trinajstić information content (AvgIpc) is 3.85. The Hall–Kier alpha value is -6.84. The highest BCUT2D eigenvalue weighted by atomic mass is 16.3. The predicted molar refractivity (Wildman–Crippen MR) is 211 cm³/mol. The van der Waals surface area contributed by atoms with Crippen molar-refractivity contribution in [1.82, 2.24) is 9.97 Å². The van der Waals surface area contributed by atoms with Gasteiger partial charge >= 0.3 is 0 Å². The fraction of sp³-hybridized carbons (Fsp3) is 0.0204. The summed E-state index contributed by atoms with van der Waals surface area (Å²) in [5.41, 5.74) is 17.3. The lowest BCUT2D eigenvalue weighted by molar-refractivity contribution is 0.673. The Kier molecular flexibility index (Phi) is 5.43. The molecule has 0 amide bonds. The summed E-state index contributed by atoms with van der Waals surface area (Å²) in [6.07, 6.45) is 3.69. The van der Waals surface area contributed by atoms with Crippen LogP contribution in [0.5, 0.6) is 0 Å². The molecule has 0 aliphatic heterocycles. The van der Waals surface area contributed by atoms with E-state index in [0.29, 0.717) is 0 Å². The van der Waals surface area contributed by atoms with Crippen molar-refractivity contribution in [3.05, 3.63) is 192 Å². The summed E-state index contributed by atoms with van der Waals surface area (Å²) in [4.78, 5) is 9.66. The second kappa shape index (κ2) is 10.1. The van der Waals surface area contributed by atoms with Crippen LogP contribution in [0.1, 0.15) is 22.3 Å². The number of nitrogens with zero attached hydrogens (tertiary/aromatic N) is 2. The molecular weight excluding hydrogens is 633 g/mol. The molecule has 1 spiro atoms. The lowest BCUT2D eigenvalue weighted by Crippen LogP contribution is -2.25. The quantitative estimate of drug-likeness (QED) is 0.173. The fourth-order valence-corrected chi connectivity index (χ4v) is 9.53. The first-order valence-corrected chi connectivity index (χ1v) is 17.8. The number of rotatable bonds is 2. The summed E-state index contributed by atoms with van der Waals surface area (Å²) >= 11 is 0. The van der Waals surface area contributed by atoms with Crippen LogP contribution >= 0.6 is 0 Å². The molecule has 240 valence electrons. The van der Waals surface area contributed by atoms with Gasteiger partial charge in [0.05, 0.1) is 22.8 Å². The highest BCUT2D eigenvalue weighted by molar-refractivity contribution is 6.24. The summed E-state index contributed by atoms with van der Waals surface area (Å²) in [6.45, 7) is 0. The van der Waals surface area contributed by atoms with Gasteiger partial charge in [0.15, 0.2) is 0 Å². The maximum atomic E-state index is 6.55. The highest BCUT2D eigenvalue weighted by Crippen LogP contribution is 2.63. The molecule has 0 N–H and O–H groups in total. The van der Waals surface area contributed by atoms with E-state index in [0.717, 1.165) is 54.9 Å². The van der Waals surface area contributed by atoms with Crippen LogP contribution in [0.2, 0.25) is 0 Å². The SMILES string of the molecule is c1ccc2c(c1)-c1ccccc1C21c2ccccc2-c2c(-c3ccc(-c4nc5cnccc5c5c4ccc4c6ccccc6oc45)cc3)cccc21. The standard InChI is InChI=1S/C49H28N2O/c1-5-15-39-32(10-1)33-11-2-6-16-40(33)49(39)41-17-7-3-13-36(41)45-31(14-9-18-42(45)49)29-20-22-30(23-21-29)47-38-25-24-35-34-12-4-8-19-44(34)52-48(35)46(38)37-26-27-50-28-43(37)51-47/h1-28H. The molecule has 0 bridgehead atoms. The zero-order chi connectivity index (χ0) is 34.0. The number of furan rings is 1. The monoisotopic (exact) mass is 660 g/mol. The minimum Gasteiger partial charge on any atom is -0.455 e. The normalized spacial score (nSPS) is 13.5. The van der Waals surface area contributed by atoms with Gasteiger partial charge in [0.25, 0.3) is 0 Å². The smallest absolute Gasteiger partial charge is 0.144 e. The molecule has 3 nitrogen and oxygen atoms in total. The summed E-state index contributed by atoms with van der Waals surface area (Å²) in [7, 11) is 0. The van der Waals surface area contributed by atoms with Gasteiger partial charge in [0, 0.05) is 38.7 Å². The van der Waals surface area contributed by atoms with Crippen LogP contribution in [0, 0.1) is 0 Å². The number of hydrogen-bond donors (Lipinski definition) is 0. The largest absolute Gasteiger partial charge is 0.455 e. The summed E-state index contributed by atoms with van der Waals surface area (Å²) in [5, 5.41) is 5.40. The summed E-state index contributed by atoms with van der Waals surface area (Å²) < 4.78 is 6.55. The molecule has 3 heterocycles. The molecule has 2 aliphatic carbocycles. The van der Waals surface area contributed by atoms with Crippen molar-refractivity contribution in [3.8, 4) is 44.6 Å². The molecule has 7 aromatic carbocycles. The van der Waals surface area contributed by atoms with E-state index in [1.165, 1.54) is 55.6 Å². The zero-order valence-electron chi connectivity index (χ0n) is 28.0. The maximum Gasteiger partial charge on any atom is 0.144 e. The molecule has 3 aromatic heterocycles. The van der Waals surface area contributed by atoms with Crippen molar-refractivity contribution in [1.29, 1.82) is 0 Å². The molecule has 0 fully saturated rings. The Morgan fingerprint density at radius 1 is 0.442 bits per heavy atom. The molecule has 3 heteroatoms. The van der Waals surface area contributed by atoms with Crippen molar-refractivity contribution >= 4 is 43.6 Å².